The number of nitrogens with zero attached hydrogens (tertiary/aromatic N) is 2. The fourth-order valence-corrected chi connectivity index (χ4v) is 4.81. The van der Waals surface area contributed by atoms with Crippen LogP contribution in [0.1, 0.15) is 43.5 Å². The first-order valence-corrected chi connectivity index (χ1v) is 11.0. The minimum Gasteiger partial charge on any atom is -0.335 e. The van der Waals surface area contributed by atoms with Crippen LogP contribution in [0.5, 0.6) is 0 Å². The van der Waals surface area contributed by atoms with E-state index in [0.29, 0.717) is 17.9 Å². The van der Waals surface area contributed by atoms with Crippen LogP contribution in [0.2, 0.25) is 0 Å². The number of halogens is 5. The minimum absolute atomic E-state index is 0.0480. The van der Waals surface area contributed by atoms with Gasteiger partial charge in [-0.3, -0.25) is 4.79 Å². The first kappa shape index (κ1) is 24.5. The highest BCUT2D eigenvalue weighted by molar-refractivity contribution is 7.97. The number of hydrogen-bond acceptors (Lipinski definition) is 3. The van der Waals surface area contributed by atoms with Gasteiger partial charge in [-0.1, -0.05) is 25.1 Å². The van der Waals surface area contributed by atoms with Crippen molar-refractivity contribution >= 4 is 17.9 Å². The van der Waals surface area contributed by atoms with Crippen LogP contribution < -0.4 is 0 Å². The zero-order chi connectivity index (χ0) is 23.7. The Morgan fingerprint density at radius 2 is 1.75 bits per heavy atom. The van der Waals surface area contributed by atoms with E-state index in [2.05, 4.69) is 0 Å². The van der Waals surface area contributed by atoms with E-state index in [1.807, 2.05) is 6.07 Å². The van der Waals surface area contributed by atoms with Crippen molar-refractivity contribution in [1.82, 2.24) is 9.21 Å². The largest absolute Gasteiger partial charge is 0.408 e. The van der Waals surface area contributed by atoms with Crippen LogP contribution in [0.25, 0.3) is 0 Å². The summed E-state index contributed by atoms with van der Waals surface area (Å²) < 4.78 is 70.4. The molecule has 1 atom stereocenters. The first-order chi connectivity index (χ1) is 14.9. The monoisotopic (exact) mass is 472 g/mol. The molecule has 1 amide bonds. The maximum atomic E-state index is 14.1. The highest BCUT2D eigenvalue weighted by Gasteiger charge is 2.45. The van der Waals surface area contributed by atoms with Crippen LogP contribution in [0.3, 0.4) is 0 Å². The van der Waals surface area contributed by atoms with Crippen molar-refractivity contribution in [2.24, 2.45) is 0 Å². The fraction of sp³-hybridized carbons (Fsp3) is 0.435. The van der Waals surface area contributed by atoms with E-state index in [1.165, 1.54) is 23.1 Å². The lowest BCUT2D eigenvalue weighted by atomic mass is 9.98. The molecule has 2 aromatic rings. The smallest absolute Gasteiger partial charge is 0.335 e. The molecule has 0 fully saturated rings. The van der Waals surface area contributed by atoms with Crippen molar-refractivity contribution in [3.8, 4) is 0 Å². The second kappa shape index (κ2) is 9.39. The Hall–Kier alpha value is -2.13. The van der Waals surface area contributed by atoms with Gasteiger partial charge in [-0.2, -0.15) is 13.2 Å². The molecule has 9 heteroatoms. The van der Waals surface area contributed by atoms with E-state index in [9.17, 15) is 26.7 Å². The highest BCUT2D eigenvalue weighted by atomic mass is 32.2. The van der Waals surface area contributed by atoms with Gasteiger partial charge in [0.05, 0.1) is 0 Å². The van der Waals surface area contributed by atoms with Gasteiger partial charge in [0.25, 0.3) is 5.91 Å². The summed E-state index contributed by atoms with van der Waals surface area (Å²) in [6, 6.07) is 7.75. The Morgan fingerprint density at radius 1 is 1.09 bits per heavy atom. The van der Waals surface area contributed by atoms with Crippen molar-refractivity contribution in [3.63, 3.8) is 0 Å². The molecule has 3 nitrogen and oxygen atoms in total. The number of fused-ring (bicyclic) bond motifs is 1. The third kappa shape index (κ3) is 5.61. The van der Waals surface area contributed by atoms with Gasteiger partial charge < -0.3 is 4.90 Å². The predicted molar refractivity (Wildman–Crippen MR) is 114 cm³/mol. The van der Waals surface area contributed by atoms with Crippen LogP contribution in [0.4, 0.5) is 22.0 Å². The lowest BCUT2D eigenvalue weighted by Crippen LogP contribution is -2.44. The van der Waals surface area contributed by atoms with Gasteiger partial charge >= 0.3 is 6.18 Å². The number of hydrogen-bond donors (Lipinski definition) is 0. The van der Waals surface area contributed by atoms with E-state index in [-0.39, 0.29) is 18.7 Å². The maximum Gasteiger partial charge on any atom is 0.408 e. The van der Waals surface area contributed by atoms with Crippen LogP contribution in [0.15, 0.2) is 47.4 Å². The molecular weight excluding hydrogens is 447 g/mol. The van der Waals surface area contributed by atoms with Gasteiger partial charge in [-0.15, -0.1) is 0 Å². The zero-order valence-electron chi connectivity index (χ0n) is 18.0. The first-order valence-electron chi connectivity index (χ1n) is 10.3. The van der Waals surface area contributed by atoms with E-state index in [0.717, 1.165) is 47.3 Å². The van der Waals surface area contributed by atoms with Gasteiger partial charge in [-0.25, -0.2) is 13.1 Å². The molecule has 0 saturated heterocycles. The SMILES string of the molecule is CCN(Sc1ccc2c(c1)CN(C(=O)C(C)(C)F)CC2)C(c1ccc(F)cc1)C(F)(F)F. The average Bonchev–Trinajstić information content (AvgIpc) is 2.72. The third-order valence-corrected chi connectivity index (χ3v) is 6.47. The molecule has 1 unspecified atom stereocenters. The van der Waals surface area contributed by atoms with E-state index < -0.39 is 29.6 Å². The number of rotatable bonds is 6. The summed E-state index contributed by atoms with van der Waals surface area (Å²) in [5.74, 6) is -1.21. The molecule has 0 aromatic heterocycles. The lowest BCUT2D eigenvalue weighted by molar-refractivity contribution is -0.172. The Morgan fingerprint density at radius 3 is 2.31 bits per heavy atom. The van der Waals surface area contributed by atoms with Crippen molar-refractivity contribution in [2.75, 3.05) is 13.1 Å². The Labute approximate surface area is 188 Å². The third-order valence-electron chi connectivity index (χ3n) is 5.30. The van der Waals surface area contributed by atoms with Crippen molar-refractivity contribution < 1.29 is 26.7 Å². The van der Waals surface area contributed by atoms with E-state index in [1.54, 1.807) is 19.1 Å². The van der Waals surface area contributed by atoms with Gasteiger partial charge in [-0.05, 0) is 73.2 Å². The molecule has 3 rings (SSSR count). The van der Waals surface area contributed by atoms with E-state index >= 15 is 0 Å². The molecule has 1 heterocycles. The number of alkyl halides is 4. The summed E-state index contributed by atoms with van der Waals surface area (Å²) in [6.07, 6.45) is -4.01. The molecule has 1 aliphatic heterocycles. The predicted octanol–water partition coefficient (Wildman–Crippen LogP) is 6.09. The second-order valence-electron chi connectivity index (χ2n) is 8.20. The maximum absolute atomic E-state index is 14.1. The average molecular weight is 473 g/mol. The molecule has 0 aliphatic carbocycles. The zero-order valence-corrected chi connectivity index (χ0v) is 18.9. The van der Waals surface area contributed by atoms with Crippen molar-refractivity contribution in [1.29, 1.82) is 0 Å². The Bertz CT molecular complexity index is 956. The quantitative estimate of drug-likeness (QED) is 0.375. The summed E-state index contributed by atoms with van der Waals surface area (Å²) in [4.78, 5) is 14.3. The Kier molecular flexibility index (Phi) is 7.19. The molecule has 0 saturated carbocycles. The highest BCUT2D eigenvalue weighted by Crippen LogP contribution is 2.43. The molecule has 32 heavy (non-hydrogen) atoms. The van der Waals surface area contributed by atoms with Gasteiger partial charge in [0, 0.05) is 24.5 Å². The minimum atomic E-state index is -4.56. The molecule has 0 bridgehead atoms. The molecule has 0 radical (unpaired) electrons. The number of amides is 1. The molecule has 0 spiro atoms. The van der Waals surface area contributed by atoms with Crippen molar-refractivity contribution in [3.05, 3.63) is 65.0 Å². The summed E-state index contributed by atoms with van der Waals surface area (Å²) in [7, 11) is 0. The molecule has 2 aromatic carbocycles. The fourth-order valence-electron chi connectivity index (χ4n) is 3.74. The molecule has 174 valence electrons. The van der Waals surface area contributed by atoms with Crippen LogP contribution in [-0.4, -0.2) is 40.0 Å². The summed E-state index contributed by atoms with van der Waals surface area (Å²) in [5, 5.41) is 0. The summed E-state index contributed by atoms with van der Waals surface area (Å²) in [5.41, 5.74) is -0.254. The molecule has 0 N–H and O–H groups in total. The molecule has 1 aliphatic rings. The lowest BCUT2D eigenvalue weighted by Gasteiger charge is -2.33. The second-order valence-corrected chi connectivity index (χ2v) is 9.32. The summed E-state index contributed by atoms with van der Waals surface area (Å²) >= 11 is 0.953. The van der Waals surface area contributed by atoms with Crippen LogP contribution in [0, 0.1) is 5.82 Å². The normalized spacial score (nSPS) is 15.6. The van der Waals surface area contributed by atoms with Crippen molar-refractivity contribution in [2.45, 2.75) is 56.5 Å². The van der Waals surface area contributed by atoms with Gasteiger partial charge in [0.1, 0.15) is 11.9 Å². The van der Waals surface area contributed by atoms with Crippen LogP contribution in [-0.2, 0) is 17.8 Å². The molecular formula is C23H25F5N2OS. The van der Waals surface area contributed by atoms with Gasteiger partial charge in [0.15, 0.2) is 5.67 Å². The Balaban J connectivity index is 1.85. The number of carbonyl (C=O) groups is 1. The van der Waals surface area contributed by atoms with Crippen LogP contribution >= 0.6 is 11.9 Å². The number of benzene rings is 2. The summed E-state index contributed by atoms with van der Waals surface area (Å²) in [6.45, 7) is 4.74. The topological polar surface area (TPSA) is 23.6 Å². The van der Waals surface area contributed by atoms with E-state index in [4.69, 9.17) is 0 Å². The number of carbonyl (C=O) groups excluding carboxylic acids is 1. The van der Waals surface area contributed by atoms with Gasteiger partial charge in [0.2, 0.25) is 0 Å². The standard InChI is InChI=1S/C23H25F5N2OS/c1-4-30(20(23(26,27)28)16-5-8-18(24)9-6-16)32-19-10-7-15-11-12-29(14-17(15)13-19)21(31)22(2,3)25/h5-10,13,20H,4,11-12,14H2,1-3H3.